The molecule has 6 heteroatoms. The Morgan fingerprint density at radius 3 is 2.62 bits per heavy atom. The van der Waals surface area contributed by atoms with Crippen LogP contribution in [0.4, 0.5) is 0 Å². The highest BCUT2D eigenvalue weighted by Crippen LogP contribution is 2.29. The summed E-state index contributed by atoms with van der Waals surface area (Å²) in [6.45, 7) is 3.10. The Morgan fingerprint density at radius 1 is 1.33 bits per heavy atom. The van der Waals surface area contributed by atoms with E-state index in [0.29, 0.717) is 28.7 Å². The van der Waals surface area contributed by atoms with Crippen LogP contribution in [0.15, 0.2) is 24.4 Å². The predicted octanol–water partition coefficient (Wildman–Crippen LogP) is 3.11. The molecule has 0 fully saturated rings. The largest absolute Gasteiger partial charge is 0.387 e. The number of aromatic nitrogens is 2. The molecule has 2 rings (SSSR count). The van der Waals surface area contributed by atoms with Crippen LogP contribution in [-0.2, 0) is 20.0 Å². The molecule has 1 aromatic carbocycles. The predicted molar refractivity (Wildman–Crippen MR) is 85.7 cm³/mol. The summed E-state index contributed by atoms with van der Waals surface area (Å²) in [4.78, 5) is 0. The van der Waals surface area contributed by atoms with Gasteiger partial charge in [-0.05, 0) is 18.6 Å². The quantitative estimate of drug-likeness (QED) is 0.857. The maximum Gasteiger partial charge on any atom is 0.0943 e. The minimum atomic E-state index is -0.743. The Kier molecular flexibility index (Phi) is 5.65. The van der Waals surface area contributed by atoms with Crippen molar-refractivity contribution < 1.29 is 5.11 Å². The van der Waals surface area contributed by atoms with Crippen molar-refractivity contribution in [3.63, 3.8) is 0 Å². The van der Waals surface area contributed by atoms with E-state index in [2.05, 4.69) is 17.3 Å². The summed E-state index contributed by atoms with van der Waals surface area (Å²) >= 11 is 12.2. The smallest absolute Gasteiger partial charge is 0.0943 e. The minimum Gasteiger partial charge on any atom is -0.387 e. The molecule has 2 aromatic rings. The zero-order valence-electron chi connectivity index (χ0n) is 12.1. The average molecular weight is 328 g/mol. The van der Waals surface area contributed by atoms with E-state index in [0.717, 1.165) is 17.7 Å². The van der Waals surface area contributed by atoms with Gasteiger partial charge in [-0.3, -0.25) is 4.68 Å². The highest BCUT2D eigenvalue weighted by Gasteiger charge is 2.15. The molecule has 0 aliphatic rings. The molecule has 114 valence electrons. The van der Waals surface area contributed by atoms with Crippen molar-refractivity contribution in [2.75, 3.05) is 6.54 Å². The Morgan fingerprint density at radius 2 is 2.00 bits per heavy atom. The van der Waals surface area contributed by atoms with E-state index in [1.165, 1.54) is 0 Å². The van der Waals surface area contributed by atoms with Gasteiger partial charge in [-0.25, -0.2) is 0 Å². The van der Waals surface area contributed by atoms with Crippen LogP contribution in [0.5, 0.6) is 0 Å². The van der Waals surface area contributed by atoms with Gasteiger partial charge in [0.1, 0.15) is 0 Å². The van der Waals surface area contributed by atoms with Crippen LogP contribution < -0.4 is 5.32 Å². The molecular weight excluding hydrogens is 309 g/mol. The van der Waals surface area contributed by atoms with Crippen LogP contribution in [0.3, 0.4) is 0 Å². The molecular formula is C15H19Cl2N3O. The normalized spacial score (nSPS) is 12.6. The zero-order valence-corrected chi connectivity index (χ0v) is 13.6. The molecule has 21 heavy (non-hydrogen) atoms. The maximum atomic E-state index is 10.2. The summed E-state index contributed by atoms with van der Waals surface area (Å²) in [5.41, 5.74) is 2.77. The minimum absolute atomic E-state index is 0.376. The van der Waals surface area contributed by atoms with Gasteiger partial charge >= 0.3 is 0 Å². The summed E-state index contributed by atoms with van der Waals surface area (Å²) in [5.74, 6) is 0. The third-order valence-electron chi connectivity index (χ3n) is 3.31. The Balaban J connectivity index is 1.97. The van der Waals surface area contributed by atoms with E-state index in [4.69, 9.17) is 23.2 Å². The number of rotatable bonds is 6. The number of aliphatic hydroxyl groups is 1. The van der Waals surface area contributed by atoms with Gasteiger partial charge in [-0.15, -0.1) is 0 Å². The fourth-order valence-electron chi connectivity index (χ4n) is 2.30. The molecule has 0 bridgehead atoms. The third-order valence-corrected chi connectivity index (χ3v) is 3.97. The molecule has 0 spiro atoms. The van der Waals surface area contributed by atoms with Crippen LogP contribution in [0, 0.1) is 0 Å². The highest BCUT2D eigenvalue weighted by molar-refractivity contribution is 6.36. The van der Waals surface area contributed by atoms with Crippen molar-refractivity contribution in [1.29, 1.82) is 0 Å². The lowest BCUT2D eigenvalue weighted by Gasteiger charge is -2.15. The molecule has 1 heterocycles. The van der Waals surface area contributed by atoms with Gasteiger partial charge in [0.15, 0.2) is 0 Å². The molecule has 1 aromatic heterocycles. The first kappa shape index (κ1) is 16.3. The molecule has 2 N–H and O–H groups in total. The molecule has 0 amide bonds. The Bertz CT molecular complexity index is 593. The van der Waals surface area contributed by atoms with Crippen molar-refractivity contribution in [3.8, 4) is 0 Å². The van der Waals surface area contributed by atoms with Gasteiger partial charge in [0.25, 0.3) is 0 Å². The Labute approximate surface area is 134 Å². The molecule has 1 unspecified atom stereocenters. The van der Waals surface area contributed by atoms with Crippen molar-refractivity contribution >= 4 is 23.2 Å². The summed E-state index contributed by atoms with van der Waals surface area (Å²) < 4.78 is 1.80. The lowest BCUT2D eigenvalue weighted by Crippen LogP contribution is -2.21. The fraction of sp³-hybridized carbons (Fsp3) is 0.400. The first-order valence-corrected chi connectivity index (χ1v) is 7.62. The van der Waals surface area contributed by atoms with E-state index in [9.17, 15) is 5.11 Å². The van der Waals surface area contributed by atoms with E-state index < -0.39 is 6.10 Å². The van der Waals surface area contributed by atoms with Gasteiger partial charge < -0.3 is 10.4 Å². The third kappa shape index (κ3) is 3.98. The lowest BCUT2D eigenvalue weighted by molar-refractivity contribution is 0.174. The zero-order chi connectivity index (χ0) is 15.4. The number of hydrogen-bond acceptors (Lipinski definition) is 3. The molecule has 0 aliphatic carbocycles. The number of benzene rings is 1. The lowest BCUT2D eigenvalue weighted by atomic mass is 10.1. The van der Waals surface area contributed by atoms with Crippen LogP contribution in [-0.4, -0.2) is 21.4 Å². The number of aliphatic hydroxyl groups excluding tert-OH is 1. The fourth-order valence-corrected chi connectivity index (χ4v) is 2.95. The molecule has 0 saturated carbocycles. The topological polar surface area (TPSA) is 50.1 Å². The first-order chi connectivity index (χ1) is 10.0. The second kappa shape index (κ2) is 7.27. The molecule has 0 radical (unpaired) electrons. The van der Waals surface area contributed by atoms with Crippen molar-refractivity contribution in [2.45, 2.75) is 26.0 Å². The SMILES string of the molecule is CCc1nn(C)cc1CNCC(O)c1c(Cl)cccc1Cl. The number of nitrogens with zero attached hydrogens (tertiary/aromatic N) is 2. The van der Waals surface area contributed by atoms with Gasteiger partial charge in [0.2, 0.25) is 0 Å². The summed E-state index contributed by atoms with van der Waals surface area (Å²) in [5, 5.41) is 18.8. The van der Waals surface area contributed by atoms with E-state index in [1.54, 1.807) is 22.9 Å². The number of nitrogens with one attached hydrogen (secondary N) is 1. The van der Waals surface area contributed by atoms with Gasteiger partial charge in [-0.1, -0.05) is 36.2 Å². The monoisotopic (exact) mass is 327 g/mol. The highest BCUT2D eigenvalue weighted by atomic mass is 35.5. The van der Waals surface area contributed by atoms with Crippen LogP contribution in [0.1, 0.15) is 29.8 Å². The summed E-state index contributed by atoms with van der Waals surface area (Å²) in [6.07, 6.45) is 2.13. The first-order valence-electron chi connectivity index (χ1n) is 6.87. The van der Waals surface area contributed by atoms with Crippen molar-refractivity contribution in [3.05, 3.63) is 51.3 Å². The number of halogens is 2. The summed E-state index contributed by atoms with van der Waals surface area (Å²) in [6, 6.07) is 5.21. The van der Waals surface area contributed by atoms with Crippen LogP contribution in [0.25, 0.3) is 0 Å². The second-order valence-electron chi connectivity index (χ2n) is 4.91. The molecule has 0 aliphatic heterocycles. The summed E-state index contributed by atoms with van der Waals surface area (Å²) in [7, 11) is 1.90. The van der Waals surface area contributed by atoms with Crippen molar-refractivity contribution in [1.82, 2.24) is 15.1 Å². The number of aryl methyl sites for hydroxylation is 2. The molecule has 1 atom stereocenters. The Hall–Kier alpha value is -1.07. The van der Waals surface area contributed by atoms with E-state index in [-0.39, 0.29) is 0 Å². The van der Waals surface area contributed by atoms with Crippen molar-refractivity contribution in [2.24, 2.45) is 7.05 Å². The van der Waals surface area contributed by atoms with E-state index >= 15 is 0 Å². The second-order valence-corrected chi connectivity index (χ2v) is 5.72. The molecule has 0 saturated heterocycles. The maximum absolute atomic E-state index is 10.2. The average Bonchev–Trinajstić information content (AvgIpc) is 2.79. The van der Waals surface area contributed by atoms with Gasteiger partial charge in [0.05, 0.1) is 11.8 Å². The van der Waals surface area contributed by atoms with E-state index in [1.807, 2.05) is 13.2 Å². The van der Waals surface area contributed by atoms with Gasteiger partial charge in [0, 0.05) is 47.5 Å². The van der Waals surface area contributed by atoms with Crippen LogP contribution >= 0.6 is 23.2 Å². The standard InChI is InChI=1S/C15H19Cl2N3O/c1-3-13-10(9-20(2)19-13)7-18-8-14(21)15-11(16)5-4-6-12(15)17/h4-6,9,14,18,21H,3,7-8H2,1-2H3. The van der Waals surface area contributed by atoms with Crippen LogP contribution in [0.2, 0.25) is 10.0 Å². The number of hydrogen-bond donors (Lipinski definition) is 2. The molecule has 4 nitrogen and oxygen atoms in total. The van der Waals surface area contributed by atoms with Gasteiger partial charge in [-0.2, -0.15) is 5.10 Å².